The van der Waals surface area contributed by atoms with Gasteiger partial charge in [-0.3, -0.25) is 4.79 Å². The first-order valence-electron chi connectivity index (χ1n) is 9.71. The first-order chi connectivity index (χ1) is 14.3. The first-order valence-corrected chi connectivity index (χ1v) is 11.5. The minimum absolute atomic E-state index is 0.135. The Morgan fingerprint density at radius 3 is 2.47 bits per heavy atom. The molecule has 0 saturated carbocycles. The zero-order chi connectivity index (χ0) is 21.7. The van der Waals surface area contributed by atoms with E-state index in [0.717, 1.165) is 0 Å². The number of carbonyl (C=O) groups is 1. The third kappa shape index (κ3) is 5.50. The molecular formula is C21H24ClFN2O4S. The number of sulfonamides is 1. The van der Waals surface area contributed by atoms with Gasteiger partial charge in [-0.25, -0.2) is 12.8 Å². The van der Waals surface area contributed by atoms with Crippen LogP contribution < -0.4 is 10.1 Å². The molecule has 0 aromatic heterocycles. The molecule has 3 rings (SSSR count). The van der Waals surface area contributed by atoms with Crippen molar-refractivity contribution < 1.29 is 22.3 Å². The lowest BCUT2D eigenvalue weighted by Gasteiger charge is -2.31. The van der Waals surface area contributed by atoms with Crippen molar-refractivity contribution in [3.63, 3.8) is 0 Å². The van der Waals surface area contributed by atoms with Gasteiger partial charge in [0.1, 0.15) is 6.61 Å². The first kappa shape index (κ1) is 22.5. The summed E-state index contributed by atoms with van der Waals surface area (Å²) < 4.78 is 45.9. The molecule has 0 aliphatic carbocycles. The summed E-state index contributed by atoms with van der Waals surface area (Å²) in [6.45, 7) is 2.45. The molecule has 0 spiro atoms. The van der Waals surface area contributed by atoms with Crippen LogP contribution in [-0.2, 0) is 14.8 Å². The van der Waals surface area contributed by atoms with Crippen molar-refractivity contribution in [3.8, 4) is 5.75 Å². The van der Waals surface area contributed by atoms with Gasteiger partial charge in [0.05, 0.1) is 10.9 Å². The lowest BCUT2D eigenvalue weighted by Crippen LogP contribution is -2.45. The van der Waals surface area contributed by atoms with Crippen molar-refractivity contribution >= 4 is 27.5 Å². The SMILES string of the molecule is CC(COc1ccccc1F)NC(=O)C1CCN(S(=O)(=O)c2ccc(Cl)cc2)CC1. The summed E-state index contributed by atoms with van der Waals surface area (Å²) in [6, 6.07) is 11.8. The van der Waals surface area contributed by atoms with E-state index in [2.05, 4.69) is 5.32 Å². The molecule has 9 heteroatoms. The third-order valence-corrected chi connectivity index (χ3v) is 7.16. The largest absolute Gasteiger partial charge is 0.488 e. The highest BCUT2D eigenvalue weighted by molar-refractivity contribution is 7.89. The number of piperidine rings is 1. The topological polar surface area (TPSA) is 75.7 Å². The van der Waals surface area contributed by atoms with E-state index in [4.69, 9.17) is 16.3 Å². The molecule has 1 atom stereocenters. The van der Waals surface area contributed by atoms with E-state index in [9.17, 15) is 17.6 Å². The highest BCUT2D eigenvalue weighted by Gasteiger charge is 2.32. The van der Waals surface area contributed by atoms with Gasteiger partial charge in [-0.2, -0.15) is 4.31 Å². The minimum Gasteiger partial charge on any atom is -0.488 e. The third-order valence-electron chi connectivity index (χ3n) is 4.99. The van der Waals surface area contributed by atoms with E-state index in [0.29, 0.717) is 17.9 Å². The van der Waals surface area contributed by atoms with Crippen LogP contribution in [0, 0.1) is 11.7 Å². The minimum atomic E-state index is -3.61. The van der Waals surface area contributed by atoms with Crippen molar-refractivity contribution in [2.24, 2.45) is 5.92 Å². The fourth-order valence-electron chi connectivity index (χ4n) is 3.29. The molecule has 1 aliphatic rings. The van der Waals surface area contributed by atoms with Crippen LogP contribution in [0.4, 0.5) is 4.39 Å². The quantitative estimate of drug-likeness (QED) is 0.695. The van der Waals surface area contributed by atoms with Crippen LogP contribution >= 0.6 is 11.6 Å². The Balaban J connectivity index is 1.49. The number of para-hydroxylation sites is 1. The van der Waals surface area contributed by atoms with Gasteiger partial charge in [-0.15, -0.1) is 0 Å². The number of benzene rings is 2. The monoisotopic (exact) mass is 454 g/mol. The number of carbonyl (C=O) groups excluding carboxylic acids is 1. The van der Waals surface area contributed by atoms with Gasteiger partial charge in [-0.05, 0) is 56.2 Å². The Hall–Kier alpha value is -2.16. The van der Waals surface area contributed by atoms with E-state index >= 15 is 0 Å². The molecular weight excluding hydrogens is 431 g/mol. The number of ether oxygens (including phenoxy) is 1. The van der Waals surface area contributed by atoms with Gasteiger partial charge in [0.2, 0.25) is 15.9 Å². The fourth-order valence-corrected chi connectivity index (χ4v) is 4.89. The molecule has 1 aliphatic heterocycles. The summed E-state index contributed by atoms with van der Waals surface area (Å²) in [5.74, 6) is -0.745. The van der Waals surface area contributed by atoms with Crippen LogP contribution in [0.1, 0.15) is 19.8 Å². The van der Waals surface area contributed by atoms with E-state index in [1.165, 1.54) is 28.6 Å². The maximum Gasteiger partial charge on any atom is 0.243 e. The van der Waals surface area contributed by atoms with E-state index in [1.807, 2.05) is 0 Å². The number of halogens is 2. The predicted molar refractivity (Wildman–Crippen MR) is 112 cm³/mol. The van der Waals surface area contributed by atoms with Crippen molar-refractivity contribution in [1.29, 1.82) is 0 Å². The summed E-state index contributed by atoms with van der Waals surface area (Å²) in [5.41, 5.74) is 0. The molecule has 2 aromatic carbocycles. The van der Waals surface area contributed by atoms with Gasteiger partial charge in [0.15, 0.2) is 11.6 Å². The Labute approximate surface area is 181 Å². The van der Waals surface area contributed by atoms with Crippen LogP contribution in [0.5, 0.6) is 5.75 Å². The second-order valence-corrected chi connectivity index (χ2v) is 9.66. The molecule has 162 valence electrons. The van der Waals surface area contributed by atoms with E-state index < -0.39 is 15.8 Å². The average Bonchev–Trinajstić information content (AvgIpc) is 2.73. The molecule has 0 bridgehead atoms. The molecule has 6 nitrogen and oxygen atoms in total. The molecule has 2 aromatic rings. The van der Waals surface area contributed by atoms with Crippen LogP contribution in [0.15, 0.2) is 53.4 Å². The van der Waals surface area contributed by atoms with Crippen LogP contribution in [0.25, 0.3) is 0 Å². The number of nitrogens with one attached hydrogen (secondary N) is 1. The Morgan fingerprint density at radius 1 is 1.20 bits per heavy atom. The van der Waals surface area contributed by atoms with Crippen LogP contribution in [0.3, 0.4) is 0 Å². The van der Waals surface area contributed by atoms with Crippen LogP contribution in [0.2, 0.25) is 5.02 Å². The Morgan fingerprint density at radius 2 is 1.83 bits per heavy atom. The molecule has 1 unspecified atom stereocenters. The fraction of sp³-hybridized carbons (Fsp3) is 0.381. The molecule has 1 heterocycles. The summed E-state index contributed by atoms with van der Waals surface area (Å²) in [7, 11) is -3.61. The number of amides is 1. The predicted octanol–water partition coefficient (Wildman–Crippen LogP) is 3.46. The number of hydrogen-bond donors (Lipinski definition) is 1. The smallest absolute Gasteiger partial charge is 0.243 e. The van der Waals surface area contributed by atoms with Gasteiger partial charge < -0.3 is 10.1 Å². The van der Waals surface area contributed by atoms with Crippen molar-refractivity contribution in [3.05, 3.63) is 59.4 Å². The van der Waals surface area contributed by atoms with Crippen molar-refractivity contribution in [1.82, 2.24) is 9.62 Å². The second kappa shape index (κ2) is 9.76. The normalized spacial score (nSPS) is 16.8. The molecule has 1 N–H and O–H groups in total. The summed E-state index contributed by atoms with van der Waals surface area (Å²) >= 11 is 5.83. The maximum absolute atomic E-state index is 13.6. The number of nitrogens with zero attached hydrogens (tertiary/aromatic N) is 1. The van der Waals surface area contributed by atoms with Crippen molar-refractivity contribution in [2.75, 3.05) is 19.7 Å². The highest BCUT2D eigenvalue weighted by atomic mass is 35.5. The summed E-state index contributed by atoms with van der Waals surface area (Å²) in [4.78, 5) is 12.7. The van der Waals surface area contributed by atoms with Gasteiger partial charge in [0, 0.05) is 24.0 Å². The standard InChI is InChI=1S/C21H24ClFN2O4S/c1-15(14-29-20-5-3-2-4-19(20)23)24-21(26)16-10-12-25(13-11-16)30(27,28)18-8-6-17(22)7-9-18/h2-9,15-16H,10-14H2,1H3,(H,24,26). The molecule has 1 saturated heterocycles. The van der Waals surface area contributed by atoms with Gasteiger partial charge in [0.25, 0.3) is 0 Å². The Bertz CT molecular complexity index is 977. The van der Waals surface area contributed by atoms with Crippen molar-refractivity contribution in [2.45, 2.75) is 30.7 Å². The highest BCUT2D eigenvalue weighted by Crippen LogP contribution is 2.25. The Kier molecular flexibility index (Phi) is 7.33. The number of rotatable bonds is 7. The molecule has 1 fully saturated rings. The molecule has 0 radical (unpaired) electrons. The van der Waals surface area contributed by atoms with Gasteiger partial charge in [-0.1, -0.05) is 23.7 Å². The summed E-state index contributed by atoms with van der Waals surface area (Å²) in [6.07, 6.45) is 0.860. The molecule has 30 heavy (non-hydrogen) atoms. The molecule has 1 amide bonds. The second-order valence-electron chi connectivity index (χ2n) is 7.28. The van der Waals surface area contributed by atoms with Gasteiger partial charge >= 0.3 is 0 Å². The maximum atomic E-state index is 13.6. The lowest BCUT2D eigenvalue weighted by atomic mass is 9.97. The average molecular weight is 455 g/mol. The number of hydrogen-bond acceptors (Lipinski definition) is 4. The van der Waals surface area contributed by atoms with E-state index in [-0.39, 0.29) is 48.2 Å². The van der Waals surface area contributed by atoms with Crippen LogP contribution in [-0.4, -0.2) is 44.4 Å². The lowest BCUT2D eigenvalue weighted by molar-refractivity contribution is -0.126. The zero-order valence-electron chi connectivity index (χ0n) is 16.6. The zero-order valence-corrected chi connectivity index (χ0v) is 18.1. The summed E-state index contributed by atoms with van der Waals surface area (Å²) in [5, 5.41) is 3.33. The van der Waals surface area contributed by atoms with E-state index in [1.54, 1.807) is 31.2 Å².